The van der Waals surface area contributed by atoms with Crippen molar-refractivity contribution in [2.75, 3.05) is 0 Å². The summed E-state index contributed by atoms with van der Waals surface area (Å²) >= 11 is 0. The molecule has 2 aliphatic heterocycles. The SMILES string of the molecule is CCCC1=NC2C(=O)C(NS(=O)(=O)c3ccc(C4CCCCC4)cc3)=C(C)NC2=N1. The number of carbonyl (C=O) groups is 1. The smallest absolute Gasteiger partial charge is 0.262 e. The van der Waals surface area contributed by atoms with Crippen molar-refractivity contribution in [2.45, 2.75) is 75.6 Å². The first-order valence-electron chi connectivity index (χ1n) is 10.7. The van der Waals surface area contributed by atoms with E-state index in [2.05, 4.69) is 20.0 Å². The molecule has 1 fully saturated rings. The number of fused-ring (bicyclic) bond motifs is 1. The molecule has 1 aliphatic carbocycles. The number of amidine groups is 2. The fraction of sp³-hybridized carbons (Fsp3) is 0.500. The van der Waals surface area contributed by atoms with Crippen molar-refractivity contribution in [3.8, 4) is 0 Å². The van der Waals surface area contributed by atoms with Crippen LogP contribution in [0.25, 0.3) is 0 Å². The second kappa shape index (κ2) is 8.34. The molecule has 2 N–H and O–H groups in total. The van der Waals surface area contributed by atoms with Gasteiger partial charge in [-0.3, -0.25) is 14.5 Å². The first-order chi connectivity index (χ1) is 14.4. The Kier molecular flexibility index (Phi) is 5.77. The van der Waals surface area contributed by atoms with Crippen LogP contribution in [0.15, 0.2) is 50.5 Å². The maximum absolute atomic E-state index is 12.9. The highest BCUT2D eigenvalue weighted by molar-refractivity contribution is 7.89. The molecular weight excluding hydrogens is 400 g/mol. The maximum Gasteiger partial charge on any atom is 0.262 e. The number of allylic oxidation sites excluding steroid dienone is 1. The van der Waals surface area contributed by atoms with Gasteiger partial charge in [-0.15, -0.1) is 0 Å². The summed E-state index contributed by atoms with van der Waals surface area (Å²) in [6.45, 7) is 3.68. The highest BCUT2D eigenvalue weighted by atomic mass is 32.2. The predicted molar refractivity (Wildman–Crippen MR) is 117 cm³/mol. The molecule has 4 rings (SSSR count). The minimum atomic E-state index is -3.88. The number of rotatable bonds is 6. The third-order valence-electron chi connectivity index (χ3n) is 5.95. The van der Waals surface area contributed by atoms with Crippen LogP contribution >= 0.6 is 0 Å². The fourth-order valence-electron chi connectivity index (χ4n) is 4.31. The number of hydrogen-bond donors (Lipinski definition) is 2. The lowest BCUT2D eigenvalue weighted by Gasteiger charge is -2.24. The van der Waals surface area contributed by atoms with Gasteiger partial charge < -0.3 is 5.32 Å². The first-order valence-corrected chi connectivity index (χ1v) is 12.2. The van der Waals surface area contributed by atoms with E-state index in [0.717, 1.165) is 19.3 Å². The summed E-state index contributed by atoms with van der Waals surface area (Å²) in [4.78, 5) is 21.8. The number of benzene rings is 1. The van der Waals surface area contributed by atoms with E-state index in [9.17, 15) is 13.2 Å². The number of nitrogens with zero attached hydrogens (tertiary/aromatic N) is 2. The molecular formula is C22H28N4O3S. The molecule has 1 aromatic carbocycles. The Balaban J connectivity index is 1.52. The Morgan fingerprint density at radius 1 is 1.13 bits per heavy atom. The Hall–Kier alpha value is -2.48. The molecule has 0 amide bonds. The van der Waals surface area contributed by atoms with E-state index in [4.69, 9.17) is 0 Å². The van der Waals surface area contributed by atoms with Crippen LogP contribution in [0, 0.1) is 0 Å². The predicted octanol–water partition coefficient (Wildman–Crippen LogP) is 3.40. The van der Waals surface area contributed by atoms with Crippen LogP contribution in [0.4, 0.5) is 0 Å². The lowest BCUT2D eigenvalue weighted by molar-refractivity contribution is -0.115. The number of aliphatic imine (C=N–C) groups is 2. The van der Waals surface area contributed by atoms with Gasteiger partial charge in [-0.2, -0.15) is 0 Å². The van der Waals surface area contributed by atoms with Gasteiger partial charge in [-0.05, 0) is 49.8 Å². The summed E-state index contributed by atoms with van der Waals surface area (Å²) < 4.78 is 28.4. The second-order valence-electron chi connectivity index (χ2n) is 8.19. The van der Waals surface area contributed by atoms with Crippen LogP contribution < -0.4 is 10.0 Å². The molecule has 1 unspecified atom stereocenters. The van der Waals surface area contributed by atoms with E-state index in [0.29, 0.717) is 29.7 Å². The van der Waals surface area contributed by atoms with E-state index in [1.807, 2.05) is 19.1 Å². The van der Waals surface area contributed by atoms with Gasteiger partial charge in [0.15, 0.2) is 6.04 Å². The maximum atomic E-state index is 12.9. The van der Waals surface area contributed by atoms with E-state index < -0.39 is 16.1 Å². The molecule has 0 aromatic heterocycles. The molecule has 3 aliphatic rings. The fourth-order valence-corrected chi connectivity index (χ4v) is 5.45. The molecule has 0 saturated heterocycles. The number of carbonyl (C=O) groups excluding carboxylic acids is 1. The Labute approximate surface area is 177 Å². The molecule has 1 saturated carbocycles. The van der Waals surface area contributed by atoms with Crippen LogP contribution in [0.5, 0.6) is 0 Å². The van der Waals surface area contributed by atoms with Crippen molar-refractivity contribution in [1.29, 1.82) is 0 Å². The summed E-state index contributed by atoms with van der Waals surface area (Å²) in [5.41, 5.74) is 1.64. The van der Waals surface area contributed by atoms with Crippen LogP contribution in [-0.4, -0.2) is 31.9 Å². The molecule has 2 heterocycles. The van der Waals surface area contributed by atoms with Crippen LogP contribution in [-0.2, 0) is 14.8 Å². The highest BCUT2D eigenvalue weighted by Crippen LogP contribution is 2.33. The van der Waals surface area contributed by atoms with Crippen molar-refractivity contribution in [3.63, 3.8) is 0 Å². The van der Waals surface area contributed by atoms with Crippen molar-refractivity contribution >= 4 is 27.5 Å². The first kappa shape index (κ1) is 20.8. The van der Waals surface area contributed by atoms with Gasteiger partial charge in [0.25, 0.3) is 10.0 Å². The molecule has 1 aromatic rings. The second-order valence-corrected chi connectivity index (χ2v) is 9.88. The van der Waals surface area contributed by atoms with Gasteiger partial charge in [0.2, 0.25) is 5.78 Å². The van der Waals surface area contributed by atoms with Crippen molar-refractivity contribution < 1.29 is 13.2 Å². The monoisotopic (exact) mass is 428 g/mol. The lowest BCUT2D eigenvalue weighted by Crippen LogP contribution is -2.47. The Morgan fingerprint density at radius 3 is 2.50 bits per heavy atom. The van der Waals surface area contributed by atoms with Gasteiger partial charge in [-0.1, -0.05) is 38.3 Å². The average Bonchev–Trinajstić information content (AvgIpc) is 3.15. The van der Waals surface area contributed by atoms with Gasteiger partial charge >= 0.3 is 0 Å². The van der Waals surface area contributed by atoms with E-state index in [1.165, 1.54) is 24.8 Å². The average molecular weight is 429 g/mol. The molecule has 1 atom stereocenters. The van der Waals surface area contributed by atoms with Crippen LogP contribution in [0.3, 0.4) is 0 Å². The van der Waals surface area contributed by atoms with Crippen LogP contribution in [0.2, 0.25) is 0 Å². The largest absolute Gasteiger partial charge is 0.343 e. The minimum Gasteiger partial charge on any atom is -0.343 e. The third-order valence-corrected chi connectivity index (χ3v) is 7.31. The topological polar surface area (TPSA) is 100.0 Å². The quantitative estimate of drug-likeness (QED) is 0.725. The van der Waals surface area contributed by atoms with Gasteiger partial charge in [0, 0.05) is 12.1 Å². The third kappa shape index (κ3) is 4.05. The highest BCUT2D eigenvalue weighted by Gasteiger charge is 2.38. The molecule has 7 nitrogen and oxygen atoms in total. The zero-order valence-electron chi connectivity index (χ0n) is 17.4. The molecule has 0 bridgehead atoms. The van der Waals surface area contributed by atoms with Crippen molar-refractivity contribution in [2.24, 2.45) is 9.98 Å². The summed E-state index contributed by atoms with van der Waals surface area (Å²) in [5, 5.41) is 3.04. The Morgan fingerprint density at radius 2 is 1.83 bits per heavy atom. The van der Waals surface area contributed by atoms with E-state index >= 15 is 0 Å². The van der Waals surface area contributed by atoms with Gasteiger partial charge in [0.05, 0.1) is 4.90 Å². The zero-order chi connectivity index (χ0) is 21.3. The van der Waals surface area contributed by atoms with Crippen molar-refractivity contribution in [3.05, 3.63) is 41.2 Å². The number of hydrogen-bond acceptors (Lipinski definition) is 6. The molecule has 0 radical (unpaired) electrons. The summed E-state index contributed by atoms with van der Waals surface area (Å²) in [6, 6.07) is 6.26. The van der Waals surface area contributed by atoms with Gasteiger partial charge in [-0.25, -0.2) is 13.4 Å². The molecule has 8 heteroatoms. The number of sulfonamides is 1. The summed E-state index contributed by atoms with van der Waals surface area (Å²) in [7, 11) is -3.88. The molecule has 30 heavy (non-hydrogen) atoms. The van der Waals surface area contributed by atoms with Crippen molar-refractivity contribution in [1.82, 2.24) is 10.0 Å². The Bertz CT molecular complexity index is 1030. The summed E-state index contributed by atoms with van der Waals surface area (Å²) in [5.74, 6) is 1.22. The van der Waals surface area contributed by atoms with Crippen LogP contribution in [0.1, 0.15) is 70.3 Å². The lowest BCUT2D eigenvalue weighted by atomic mass is 9.84. The normalized spacial score (nSPS) is 22.3. The molecule has 0 spiro atoms. The zero-order valence-corrected chi connectivity index (χ0v) is 18.3. The number of nitrogens with one attached hydrogen (secondary N) is 2. The van der Waals surface area contributed by atoms with Gasteiger partial charge in [0.1, 0.15) is 17.4 Å². The standard InChI is InChI=1S/C22H28N4O3S/c1-3-7-18-24-20-21(27)19(14(2)23-22(20)25-18)26-30(28,29)17-12-10-16(11-13-17)15-8-5-4-6-9-15/h10-13,15,20,26H,3-9H2,1-2H3,(H,23,24,25). The summed E-state index contributed by atoms with van der Waals surface area (Å²) in [6.07, 6.45) is 7.60. The van der Waals surface area contributed by atoms with E-state index in [-0.39, 0.29) is 16.4 Å². The minimum absolute atomic E-state index is 0.0248. The number of Topliss-reactive ketones (excluding diaryl/α,β-unsaturated/α-hetero) is 1. The molecule has 160 valence electrons. The number of ketones is 1. The van der Waals surface area contributed by atoms with E-state index in [1.54, 1.807) is 19.1 Å².